The Morgan fingerprint density at radius 1 is 1.07 bits per heavy atom. The van der Waals surface area contributed by atoms with Gasteiger partial charge in [0.25, 0.3) is 5.91 Å². The maximum absolute atomic E-state index is 12.8. The van der Waals surface area contributed by atoms with Gasteiger partial charge in [0.1, 0.15) is 0 Å². The Morgan fingerprint density at radius 3 is 2.43 bits per heavy atom. The Kier molecular flexibility index (Phi) is 7.88. The molecule has 6 heteroatoms. The molecule has 1 heterocycles. The number of rotatable bonds is 7. The average molecular weight is 428 g/mol. The van der Waals surface area contributed by atoms with Crippen molar-refractivity contribution in [1.82, 2.24) is 10.2 Å². The highest BCUT2D eigenvalue weighted by Gasteiger charge is 2.26. The number of carbonyl (C=O) groups excluding carboxylic acids is 2. The SMILES string of the molecule is CC(C)CNC(=O)c1ccccc1NC(=O)C1CCN(Cc2ccccc2Cl)CC1. The highest BCUT2D eigenvalue weighted by atomic mass is 35.5. The summed E-state index contributed by atoms with van der Waals surface area (Å²) in [5.74, 6) is 0.136. The molecule has 0 aliphatic carbocycles. The van der Waals surface area contributed by atoms with Crippen molar-refractivity contribution < 1.29 is 9.59 Å². The molecule has 0 spiro atoms. The predicted molar refractivity (Wildman–Crippen MR) is 122 cm³/mol. The van der Waals surface area contributed by atoms with Gasteiger partial charge in [0.15, 0.2) is 0 Å². The van der Waals surface area contributed by atoms with Crippen molar-refractivity contribution in [3.63, 3.8) is 0 Å². The smallest absolute Gasteiger partial charge is 0.253 e. The van der Waals surface area contributed by atoms with E-state index >= 15 is 0 Å². The van der Waals surface area contributed by atoms with E-state index in [1.807, 2.05) is 50.2 Å². The minimum atomic E-state index is -0.158. The molecule has 30 heavy (non-hydrogen) atoms. The average Bonchev–Trinajstić information content (AvgIpc) is 2.74. The van der Waals surface area contributed by atoms with Crippen LogP contribution in [0.1, 0.15) is 42.6 Å². The molecule has 0 unspecified atom stereocenters. The monoisotopic (exact) mass is 427 g/mol. The summed E-state index contributed by atoms with van der Waals surface area (Å²) < 4.78 is 0. The molecule has 2 N–H and O–H groups in total. The Labute approximate surface area is 183 Å². The summed E-state index contributed by atoms with van der Waals surface area (Å²) in [5.41, 5.74) is 2.19. The van der Waals surface area contributed by atoms with Crippen LogP contribution in [0, 0.1) is 11.8 Å². The summed E-state index contributed by atoms with van der Waals surface area (Å²) in [6.07, 6.45) is 1.58. The molecular formula is C24H30ClN3O2. The lowest BCUT2D eigenvalue weighted by atomic mass is 9.95. The van der Waals surface area contributed by atoms with Gasteiger partial charge in [-0.15, -0.1) is 0 Å². The number of benzene rings is 2. The van der Waals surface area contributed by atoms with Crippen molar-refractivity contribution in [3.8, 4) is 0 Å². The number of hydrogen-bond donors (Lipinski definition) is 2. The number of likely N-dealkylation sites (tertiary alicyclic amines) is 1. The van der Waals surface area contributed by atoms with Gasteiger partial charge in [-0.05, 0) is 55.6 Å². The highest BCUT2D eigenvalue weighted by Crippen LogP contribution is 2.24. The molecule has 1 aliphatic heterocycles. The van der Waals surface area contributed by atoms with Gasteiger partial charge in [-0.3, -0.25) is 14.5 Å². The molecule has 0 saturated carbocycles. The molecule has 160 valence electrons. The van der Waals surface area contributed by atoms with E-state index < -0.39 is 0 Å². The first-order valence-electron chi connectivity index (χ1n) is 10.6. The van der Waals surface area contributed by atoms with Crippen LogP contribution in [-0.2, 0) is 11.3 Å². The van der Waals surface area contributed by atoms with E-state index in [0.29, 0.717) is 23.7 Å². The van der Waals surface area contributed by atoms with Crippen molar-refractivity contribution in [2.75, 3.05) is 25.0 Å². The zero-order valence-corrected chi connectivity index (χ0v) is 18.4. The number of carbonyl (C=O) groups is 2. The summed E-state index contributed by atoms with van der Waals surface area (Å²) in [5, 5.41) is 6.68. The molecule has 1 saturated heterocycles. The molecule has 2 amide bonds. The molecule has 1 aliphatic rings. The van der Waals surface area contributed by atoms with Crippen molar-refractivity contribution in [2.45, 2.75) is 33.2 Å². The summed E-state index contributed by atoms with van der Waals surface area (Å²) in [6.45, 7) is 7.19. The standard InChI is InChI=1S/C24H30ClN3O2/c1-17(2)15-26-24(30)20-8-4-6-10-22(20)27-23(29)18-11-13-28(14-12-18)16-19-7-3-5-9-21(19)25/h3-10,17-18H,11-16H2,1-2H3,(H,26,30)(H,27,29). The minimum Gasteiger partial charge on any atom is -0.352 e. The van der Waals surface area contributed by atoms with Crippen molar-refractivity contribution >= 4 is 29.1 Å². The lowest BCUT2D eigenvalue weighted by molar-refractivity contribution is -0.121. The van der Waals surface area contributed by atoms with Crippen LogP contribution < -0.4 is 10.6 Å². The van der Waals surface area contributed by atoms with Gasteiger partial charge in [0, 0.05) is 24.0 Å². The molecular weight excluding hydrogens is 398 g/mol. The van der Waals surface area contributed by atoms with Gasteiger partial charge >= 0.3 is 0 Å². The first-order chi connectivity index (χ1) is 14.4. The molecule has 2 aromatic rings. The normalized spacial score (nSPS) is 15.2. The van der Waals surface area contributed by atoms with E-state index in [2.05, 4.69) is 15.5 Å². The van der Waals surface area contributed by atoms with Crippen LogP contribution in [0.2, 0.25) is 5.02 Å². The van der Waals surface area contributed by atoms with Crippen molar-refractivity contribution in [1.29, 1.82) is 0 Å². The number of amides is 2. The van der Waals surface area contributed by atoms with Crippen LogP contribution in [0.25, 0.3) is 0 Å². The second kappa shape index (κ2) is 10.6. The molecule has 0 bridgehead atoms. The maximum atomic E-state index is 12.8. The molecule has 2 aromatic carbocycles. The maximum Gasteiger partial charge on any atom is 0.253 e. The number of nitrogens with zero attached hydrogens (tertiary/aromatic N) is 1. The summed E-state index contributed by atoms with van der Waals surface area (Å²) >= 11 is 6.27. The number of para-hydroxylation sites is 1. The Balaban J connectivity index is 1.55. The van der Waals surface area contributed by atoms with E-state index in [1.54, 1.807) is 12.1 Å². The van der Waals surface area contributed by atoms with Crippen LogP contribution in [0.5, 0.6) is 0 Å². The highest BCUT2D eigenvalue weighted by molar-refractivity contribution is 6.31. The summed E-state index contributed by atoms with van der Waals surface area (Å²) in [6, 6.07) is 15.1. The van der Waals surface area contributed by atoms with Crippen LogP contribution in [0.4, 0.5) is 5.69 Å². The summed E-state index contributed by atoms with van der Waals surface area (Å²) in [7, 11) is 0. The largest absolute Gasteiger partial charge is 0.352 e. The van der Waals surface area contributed by atoms with Gasteiger partial charge in [-0.25, -0.2) is 0 Å². The fourth-order valence-electron chi connectivity index (χ4n) is 3.64. The molecule has 5 nitrogen and oxygen atoms in total. The van der Waals surface area contributed by atoms with Crippen LogP contribution in [-0.4, -0.2) is 36.3 Å². The quantitative estimate of drug-likeness (QED) is 0.680. The van der Waals surface area contributed by atoms with Crippen LogP contribution in [0.3, 0.4) is 0 Å². The Hall–Kier alpha value is -2.37. The van der Waals surface area contributed by atoms with E-state index in [1.165, 1.54) is 0 Å². The fourth-order valence-corrected chi connectivity index (χ4v) is 3.83. The number of halogens is 1. The van der Waals surface area contributed by atoms with E-state index in [4.69, 9.17) is 11.6 Å². The Bertz CT molecular complexity index is 876. The predicted octanol–water partition coefficient (Wildman–Crippen LogP) is 4.58. The van der Waals surface area contributed by atoms with Crippen molar-refractivity contribution in [2.24, 2.45) is 11.8 Å². The zero-order chi connectivity index (χ0) is 21.5. The third kappa shape index (κ3) is 6.07. The number of piperidine rings is 1. The molecule has 3 rings (SSSR count). The van der Waals surface area contributed by atoms with Gasteiger partial charge in [-0.1, -0.05) is 55.8 Å². The van der Waals surface area contributed by atoms with Crippen LogP contribution in [0.15, 0.2) is 48.5 Å². The lowest BCUT2D eigenvalue weighted by Gasteiger charge is -2.31. The van der Waals surface area contributed by atoms with Gasteiger partial charge in [0.2, 0.25) is 5.91 Å². The molecule has 0 atom stereocenters. The Morgan fingerprint density at radius 2 is 1.73 bits per heavy atom. The minimum absolute atomic E-state index is 0.0171. The number of hydrogen-bond acceptors (Lipinski definition) is 3. The third-order valence-electron chi connectivity index (χ3n) is 5.41. The molecule has 1 fully saturated rings. The third-order valence-corrected chi connectivity index (χ3v) is 5.78. The zero-order valence-electron chi connectivity index (χ0n) is 17.7. The number of anilines is 1. The molecule has 0 aromatic heterocycles. The fraction of sp³-hybridized carbons (Fsp3) is 0.417. The van der Waals surface area contributed by atoms with Gasteiger partial charge in [-0.2, -0.15) is 0 Å². The topological polar surface area (TPSA) is 61.4 Å². The first-order valence-corrected chi connectivity index (χ1v) is 11.0. The van der Waals surface area contributed by atoms with E-state index in [9.17, 15) is 9.59 Å². The second-order valence-corrected chi connectivity index (χ2v) is 8.69. The number of nitrogens with one attached hydrogen (secondary N) is 2. The van der Waals surface area contributed by atoms with E-state index in [-0.39, 0.29) is 17.7 Å². The van der Waals surface area contributed by atoms with Crippen molar-refractivity contribution in [3.05, 3.63) is 64.7 Å². The van der Waals surface area contributed by atoms with Gasteiger partial charge in [0.05, 0.1) is 11.3 Å². The second-order valence-electron chi connectivity index (χ2n) is 8.28. The van der Waals surface area contributed by atoms with Crippen LogP contribution >= 0.6 is 11.6 Å². The molecule has 0 radical (unpaired) electrons. The van der Waals surface area contributed by atoms with Gasteiger partial charge < -0.3 is 10.6 Å². The van der Waals surface area contributed by atoms with E-state index in [0.717, 1.165) is 43.1 Å². The first kappa shape index (κ1) is 22.3. The lowest BCUT2D eigenvalue weighted by Crippen LogP contribution is -2.38. The summed E-state index contributed by atoms with van der Waals surface area (Å²) in [4.78, 5) is 27.7.